The Kier molecular flexibility index (Phi) is 4.55. The number of alkyl halides is 3. The predicted octanol–water partition coefficient (Wildman–Crippen LogP) is 3.85. The summed E-state index contributed by atoms with van der Waals surface area (Å²) in [4.78, 5) is 4.39. The van der Waals surface area contributed by atoms with E-state index in [1.165, 1.54) is 11.3 Å². The minimum absolute atomic E-state index is 0.0796. The lowest BCUT2D eigenvalue weighted by Gasteiger charge is -2.06. The van der Waals surface area contributed by atoms with Gasteiger partial charge in [-0.3, -0.25) is 0 Å². The molecule has 0 aliphatic rings. The van der Waals surface area contributed by atoms with E-state index < -0.39 is 12.6 Å². The number of halogens is 3. The summed E-state index contributed by atoms with van der Waals surface area (Å²) in [5, 5.41) is 5.46. The van der Waals surface area contributed by atoms with E-state index in [0.717, 1.165) is 16.3 Å². The second kappa shape index (κ2) is 6.16. The lowest BCUT2D eigenvalue weighted by Crippen LogP contribution is -2.21. The Balaban J connectivity index is 1.85. The van der Waals surface area contributed by atoms with Crippen molar-refractivity contribution in [3.8, 4) is 11.3 Å². The molecular weight excluding hydrogens is 273 g/mol. The molecule has 0 atom stereocenters. The van der Waals surface area contributed by atoms with E-state index in [9.17, 15) is 13.2 Å². The third kappa shape index (κ3) is 4.65. The molecule has 2 rings (SSSR count). The number of nitrogens with one attached hydrogen (secondary N) is 1. The zero-order valence-electron chi connectivity index (χ0n) is 10.1. The Morgan fingerprint density at radius 1 is 1.16 bits per heavy atom. The molecule has 0 spiro atoms. The molecule has 1 heterocycles. The number of nitrogens with zero attached hydrogens (tertiary/aromatic N) is 1. The van der Waals surface area contributed by atoms with Gasteiger partial charge in [0.1, 0.15) is 5.01 Å². The van der Waals surface area contributed by atoms with Gasteiger partial charge in [0.25, 0.3) is 0 Å². The lowest BCUT2D eigenvalue weighted by molar-refractivity contribution is -0.133. The molecule has 1 aromatic heterocycles. The van der Waals surface area contributed by atoms with Crippen molar-refractivity contribution in [2.75, 3.05) is 6.54 Å². The highest BCUT2D eigenvalue weighted by Crippen LogP contribution is 2.22. The van der Waals surface area contributed by atoms with E-state index in [1.54, 1.807) is 0 Å². The molecular formula is C13H13F3N2S. The lowest BCUT2D eigenvalue weighted by atomic mass is 10.2. The summed E-state index contributed by atoms with van der Waals surface area (Å²) in [5.74, 6) is 0. The largest absolute Gasteiger partial charge is 0.390 e. The maximum Gasteiger partial charge on any atom is 0.390 e. The minimum Gasteiger partial charge on any atom is -0.310 e. The molecule has 0 radical (unpaired) electrons. The molecule has 2 nitrogen and oxygen atoms in total. The smallest absolute Gasteiger partial charge is 0.310 e. The Morgan fingerprint density at radius 3 is 2.58 bits per heavy atom. The maximum atomic E-state index is 12.0. The summed E-state index contributed by atoms with van der Waals surface area (Å²) < 4.78 is 35.9. The van der Waals surface area contributed by atoms with Gasteiger partial charge < -0.3 is 5.32 Å². The Labute approximate surface area is 113 Å². The van der Waals surface area contributed by atoms with E-state index in [1.807, 2.05) is 35.7 Å². The molecule has 0 amide bonds. The van der Waals surface area contributed by atoms with E-state index in [4.69, 9.17) is 0 Å². The van der Waals surface area contributed by atoms with Gasteiger partial charge in [0, 0.05) is 24.0 Å². The van der Waals surface area contributed by atoms with Crippen LogP contribution in [0, 0.1) is 0 Å². The zero-order chi connectivity index (χ0) is 13.7. The van der Waals surface area contributed by atoms with Crippen molar-refractivity contribution in [2.24, 2.45) is 0 Å². The van der Waals surface area contributed by atoms with Gasteiger partial charge in [0.2, 0.25) is 0 Å². The van der Waals surface area contributed by atoms with Gasteiger partial charge in [0.05, 0.1) is 12.1 Å². The van der Waals surface area contributed by atoms with Gasteiger partial charge >= 0.3 is 6.18 Å². The first-order valence-electron chi connectivity index (χ1n) is 5.82. The van der Waals surface area contributed by atoms with Gasteiger partial charge in [-0.25, -0.2) is 4.98 Å². The molecule has 0 aliphatic carbocycles. The van der Waals surface area contributed by atoms with Crippen LogP contribution in [-0.4, -0.2) is 17.7 Å². The van der Waals surface area contributed by atoms with E-state index in [0.29, 0.717) is 6.54 Å². The van der Waals surface area contributed by atoms with Gasteiger partial charge in [-0.05, 0) is 0 Å². The van der Waals surface area contributed by atoms with Crippen molar-refractivity contribution in [1.82, 2.24) is 10.3 Å². The Hall–Kier alpha value is -1.40. The molecule has 0 aliphatic heterocycles. The quantitative estimate of drug-likeness (QED) is 0.844. The van der Waals surface area contributed by atoms with Gasteiger partial charge in [-0.15, -0.1) is 11.3 Å². The first-order valence-corrected chi connectivity index (χ1v) is 6.70. The highest BCUT2D eigenvalue weighted by Gasteiger charge is 2.25. The molecule has 1 N–H and O–H groups in total. The van der Waals surface area contributed by atoms with Crippen molar-refractivity contribution in [2.45, 2.75) is 19.1 Å². The Morgan fingerprint density at radius 2 is 1.89 bits per heavy atom. The first kappa shape index (κ1) is 14.0. The van der Waals surface area contributed by atoms with E-state index >= 15 is 0 Å². The first-order chi connectivity index (χ1) is 9.04. The third-order valence-electron chi connectivity index (χ3n) is 2.48. The van der Waals surface area contributed by atoms with Crippen LogP contribution in [-0.2, 0) is 6.54 Å². The number of aromatic nitrogens is 1. The van der Waals surface area contributed by atoms with Crippen molar-refractivity contribution in [3.05, 3.63) is 40.7 Å². The van der Waals surface area contributed by atoms with Crippen LogP contribution in [0.1, 0.15) is 11.4 Å². The topological polar surface area (TPSA) is 24.9 Å². The van der Waals surface area contributed by atoms with E-state index in [-0.39, 0.29) is 6.54 Å². The summed E-state index contributed by atoms with van der Waals surface area (Å²) >= 11 is 1.45. The average molecular weight is 286 g/mol. The van der Waals surface area contributed by atoms with Crippen molar-refractivity contribution < 1.29 is 13.2 Å². The van der Waals surface area contributed by atoms with Crippen LogP contribution in [0.25, 0.3) is 11.3 Å². The number of thiazole rings is 1. The van der Waals surface area contributed by atoms with Crippen molar-refractivity contribution >= 4 is 11.3 Å². The summed E-state index contributed by atoms with van der Waals surface area (Å²) in [6, 6.07) is 9.69. The van der Waals surface area contributed by atoms with Crippen LogP contribution in [0.4, 0.5) is 13.2 Å². The summed E-state index contributed by atoms with van der Waals surface area (Å²) in [6.45, 7) is 0.289. The third-order valence-corrected chi connectivity index (χ3v) is 3.33. The summed E-state index contributed by atoms with van der Waals surface area (Å²) in [6.07, 6.45) is -4.92. The van der Waals surface area contributed by atoms with Crippen LogP contribution in [0.15, 0.2) is 35.7 Å². The fraction of sp³-hybridized carbons (Fsp3) is 0.308. The fourth-order valence-electron chi connectivity index (χ4n) is 1.56. The fourth-order valence-corrected chi connectivity index (χ4v) is 2.33. The van der Waals surface area contributed by atoms with Gasteiger partial charge in [0.15, 0.2) is 0 Å². The summed E-state index contributed by atoms with van der Waals surface area (Å²) in [7, 11) is 0. The minimum atomic E-state index is -4.11. The molecule has 0 saturated heterocycles. The molecule has 6 heteroatoms. The molecule has 1 aromatic carbocycles. The van der Waals surface area contributed by atoms with Crippen LogP contribution >= 0.6 is 11.3 Å². The SMILES string of the molecule is FC(F)(F)CCNCc1nc(-c2ccccc2)cs1. The van der Waals surface area contributed by atoms with Crippen LogP contribution < -0.4 is 5.32 Å². The second-order valence-corrected chi connectivity index (χ2v) is 4.98. The summed E-state index contributed by atoms with van der Waals surface area (Å²) in [5.41, 5.74) is 1.87. The standard InChI is InChI=1S/C13H13F3N2S/c14-13(15,16)6-7-17-8-12-18-11(9-19-12)10-4-2-1-3-5-10/h1-5,9,17H,6-8H2. The van der Waals surface area contributed by atoms with Crippen molar-refractivity contribution in [3.63, 3.8) is 0 Å². The van der Waals surface area contributed by atoms with Gasteiger partial charge in [-0.1, -0.05) is 30.3 Å². The molecule has 0 saturated carbocycles. The Bertz CT molecular complexity index is 508. The number of hydrogen-bond donors (Lipinski definition) is 1. The maximum absolute atomic E-state index is 12.0. The van der Waals surface area contributed by atoms with Crippen LogP contribution in [0.2, 0.25) is 0 Å². The predicted molar refractivity (Wildman–Crippen MR) is 69.9 cm³/mol. The van der Waals surface area contributed by atoms with Crippen LogP contribution in [0.3, 0.4) is 0 Å². The molecule has 19 heavy (non-hydrogen) atoms. The molecule has 102 valence electrons. The highest BCUT2D eigenvalue weighted by atomic mass is 32.1. The number of benzene rings is 1. The monoisotopic (exact) mass is 286 g/mol. The zero-order valence-corrected chi connectivity index (χ0v) is 10.9. The van der Waals surface area contributed by atoms with E-state index in [2.05, 4.69) is 10.3 Å². The van der Waals surface area contributed by atoms with Gasteiger partial charge in [-0.2, -0.15) is 13.2 Å². The second-order valence-electron chi connectivity index (χ2n) is 4.03. The average Bonchev–Trinajstić information content (AvgIpc) is 2.83. The molecule has 0 fully saturated rings. The highest BCUT2D eigenvalue weighted by molar-refractivity contribution is 7.09. The molecule has 0 unspecified atom stereocenters. The number of rotatable bonds is 5. The molecule has 2 aromatic rings. The normalized spacial score (nSPS) is 11.7. The number of hydrogen-bond acceptors (Lipinski definition) is 3. The molecule has 0 bridgehead atoms. The van der Waals surface area contributed by atoms with Crippen molar-refractivity contribution in [1.29, 1.82) is 0 Å². The van der Waals surface area contributed by atoms with Crippen LogP contribution in [0.5, 0.6) is 0 Å².